The van der Waals surface area contributed by atoms with Crippen LogP contribution in [0.4, 0.5) is 0 Å². The highest BCUT2D eigenvalue weighted by atomic mass is 28.1. The fourth-order valence-corrected chi connectivity index (χ4v) is 0.714. The summed E-state index contributed by atoms with van der Waals surface area (Å²) in [6.45, 7) is 0. The van der Waals surface area contributed by atoms with Gasteiger partial charge >= 0.3 is 17.9 Å². The Balaban J connectivity index is 0. The van der Waals surface area contributed by atoms with Gasteiger partial charge in [-0.05, 0) is 11.0 Å². The molecule has 0 bridgehead atoms. The van der Waals surface area contributed by atoms with Crippen LogP contribution in [0.25, 0.3) is 0 Å². The van der Waals surface area contributed by atoms with Crippen LogP contribution in [0.15, 0.2) is 0 Å². The van der Waals surface area contributed by atoms with Crippen molar-refractivity contribution in [2.75, 3.05) is 0 Å². The minimum absolute atomic E-state index is 0. The minimum Gasteiger partial charge on any atom is -0.481 e. The zero-order chi connectivity index (χ0) is 10.6. The number of carbonyl (C=O) groups is 3. The van der Waals surface area contributed by atoms with Crippen molar-refractivity contribution in [2.24, 2.45) is 0 Å². The van der Waals surface area contributed by atoms with Gasteiger partial charge in [0.05, 0.1) is 12.8 Å². The Kier molecular flexibility index (Phi) is 5.76. The second kappa shape index (κ2) is 5.35. The van der Waals surface area contributed by atoms with Gasteiger partial charge in [0, 0.05) is 0 Å². The van der Waals surface area contributed by atoms with Gasteiger partial charge in [-0.3, -0.25) is 9.59 Å². The summed E-state index contributed by atoms with van der Waals surface area (Å²) in [5.41, 5.74) is -2.74. The van der Waals surface area contributed by atoms with Crippen molar-refractivity contribution < 1.29 is 34.8 Å². The Morgan fingerprint density at radius 2 is 1.21 bits per heavy atom. The van der Waals surface area contributed by atoms with Crippen LogP contribution >= 0.6 is 0 Å². The molecule has 0 heterocycles. The number of hydrogen-bond donors (Lipinski definition) is 4. The molecule has 7 nitrogen and oxygen atoms in total. The van der Waals surface area contributed by atoms with Crippen molar-refractivity contribution >= 4 is 28.9 Å². The molecule has 0 rings (SSSR count). The van der Waals surface area contributed by atoms with E-state index in [4.69, 9.17) is 20.4 Å². The van der Waals surface area contributed by atoms with Crippen LogP contribution in [-0.2, 0) is 14.4 Å². The third-order valence-corrected chi connectivity index (χ3v) is 1.29. The number of hydrogen-bond acceptors (Lipinski definition) is 4. The first-order valence-electron chi connectivity index (χ1n) is 3.17. The first kappa shape index (κ1) is 15.1. The van der Waals surface area contributed by atoms with Crippen LogP contribution in [0.1, 0.15) is 12.8 Å². The molecular weight excluding hydrogens is 212 g/mol. The summed E-state index contributed by atoms with van der Waals surface area (Å²) >= 11 is 0. The molecular formula is C6H12O7Si. The van der Waals surface area contributed by atoms with Crippen molar-refractivity contribution in [1.29, 1.82) is 0 Å². The third kappa shape index (κ3) is 4.57. The van der Waals surface area contributed by atoms with Crippen LogP contribution in [0, 0.1) is 0 Å². The van der Waals surface area contributed by atoms with Crippen molar-refractivity contribution in [1.82, 2.24) is 0 Å². The molecule has 0 atom stereocenters. The Hall–Kier alpha value is -1.41. The van der Waals surface area contributed by atoms with Crippen molar-refractivity contribution in [3.8, 4) is 0 Å². The van der Waals surface area contributed by atoms with E-state index in [9.17, 15) is 14.4 Å². The molecule has 0 saturated carbocycles. The van der Waals surface area contributed by atoms with E-state index in [1.54, 1.807) is 0 Å². The Labute approximate surface area is 83.0 Å². The summed E-state index contributed by atoms with van der Waals surface area (Å²) in [5, 5.41) is 33.8. The van der Waals surface area contributed by atoms with Crippen molar-refractivity contribution in [3.05, 3.63) is 0 Å². The van der Waals surface area contributed by atoms with E-state index in [0.29, 0.717) is 0 Å². The monoisotopic (exact) mass is 224 g/mol. The number of carboxylic acids is 3. The number of rotatable bonds is 5. The molecule has 0 aliphatic heterocycles. The highest BCUT2D eigenvalue weighted by Crippen LogP contribution is 2.15. The van der Waals surface area contributed by atoms with Crippen molar-refractivity contribution in [3.63, 3.8) is 0 Å². The van der Waals surface area contributed by atoms with Gasteiger partial charge in [-0.1, -0.05) is 0 Å². The van der Waals surface area contributed by atoms with Crippen LogP contribution in [0.2, 0.25) is 0 Å². The van der Waals surface area contributed by atoms with E-state index in [0.717, 1.165) is 0 Å². The first-order chi connectivity index (χ1) is 5.78. The molecule has 14 heavy (non-hydrogen) atoms. The third-order valence-electron chi connectivity index (χ3n) is 1.29. The van der Waals surface area contributed by atoms with E-state index in [2.05, 4.69) is 0 Å². The predicted molar refractivity (Wildman–Crippen MR) is 48.4 cm³/mol. The molecule has 0 fully saturated rings. The van der Waals surface area contributed by atoms with Gasteiger partial charge in [0.15, 0.2) is 5.60 Å². The molecule has 8 heteroatoms. The topological polar surface area (TPSA) is 132 Å². The zero-order valence-electron chi connectivity index (χ0n) is 6.43. The summed E-state index contributed by atoms with van der Waals surface area (Å²) < 4.78 is 0. The van der Waals surface area contributed by atoms with Crippen molar-refractivity contribution in [2.45, 2.75) is 18.4 Å². The molecule has 82 valence electrons. The standard InChI is InChI=1S/C6H8O7.H4Si/c7-3(8)1-6(13,5(11)12)2-4(9)10;/h13H,1-2H2,(H,7,8)(H,9,10)(H,11,12);1H4. The second-order valence-electron chi connectivity index (χ2n) is 2.48. The Morgan fingerprint density at radius 3 is 1.36 bits per heavy atom. The number of aliphatic hydroxyl groups is 1. The van der Waals surface area contributed by atoms with Gasteiger partial charge in [-0.2, -0.15) is 0 Å². The quantitative estimate of drug-likeness (QED) is 0.373. The highest BCUT2D eigenvalue weighted by molar-refractivity contribution is 5.88. The Bertz CT molecular complexity index is 233. The first-order valence-corrected chi connectivity index (χ1v) is 3.17. The smallest absolute Gasteiger partial charge is 0.336 e. The van der Waals surface area contributed by atoms with E-state index in [1.165, 1.54) is 0 Å². The molecule has 0 aromatic carbocycles. The lowest BCUT2D eigenvalue weighted by Gasteiger charge is -2.18. The SMILES string of the molecule is O=C(O)CC(O)(CC(=O)O)C(=O)O.[SiH4]. The molecule has 0 unspecified atom stereocenters. The van der Waals surface area contributed by atoms with Gasteiger partial charge in [-0.15, -0.1) is 0 Å². The van der Waals surface area contributed by atoms with Crippen LogP contribution in [0.3, 0.4) is 0 Å². The van der Waals surface area contributed by atoms with Gasteiger partial charge < -0.3 is 20.4 Å². The zero-order valence-corrected chi connectivity index (χ0v) is 6.43. The largest absolute Gasteiger partial charge is 0.481 e. The van der Waals surface area contributed by atoms with Gasteiger partial charge in [0.25, 0.3) is 0 Å². The average molecular weight is 224 g/mol. The molecule has 0 amide bonds. The molecule has 0 aromatic heterocycles. The normalized spacial score (nSPS) is 10.1. The number of carboxylic acid groups (broad SMARTS) is 3. The van der Waals surface area contributed by atoms with Gasteiger partial charge in [-0.25, -0.2) is 4.79 Å². The molecule has 0 radical (unpaired) electrons. The minimum atomic E-state index is -2.74. The van der Waals surface area contributed by atoms with Crippen LogP contribution in [-0.4, -0.2) is 54.9 Å². The molecule has 4 N–H and O–H groups in total. The van der Waals surface area contributed by atoms with Crippen LogP contribution in [0.5, 0.6) is 0 Å². The molecule has 0 aliphatic rings. The average Bonchev–Trinajstić information content (AvgIpc) is 1.82. The summed E-state index contributed by atoms with van der Waals surface area (Å²) in [6, 6.07) is 0. The summed E-state index contributed by atoms with van der Waals surface area (Å²) in [6.07, 6.45) is -2.29. The fraction of sp³-hybridized carbons (Fsp3) is 0.500. The molecule has 0 aliphatic carbocycles. The lowest BCUT2D eigenvalue weighted by Crippen LogP contribution is -2.42. The van der Waals surface area contributed by atoms with E-state index < -0.39 is 36.4 Å². The van der Waals surface area contributed by atoms with Crippen LogP contribution < -0.4 is 0 Å². The Morgan fingerprint density at radius 1 is 0.929 bits per heavy atom. The lowest BCUT2D eigenvalue weighted by atomic mass is 9.96. The van der Waals surface area contributed by atoms with E-state index in [1.807, 2.05) is 0 Å². The summed E-state index contributed by atoms with van der Waals surface area (Å²) in [4.78, 5) is 30.5. The highest BCUT2D eigenvalue weighted by Gasteiger charge is 2.40. The lowest BCUT2D eigenvalue weighted by molar-refractivity contribution is -0.170. The predicted octanol–water partition coefficient (Wildman–Crippen LogP) is -2.70. The van der Waals surface area contributed by atoms with E-state index >= 15 is 0 Å². The number of aliphatic carboxylic acids is 3. The maximum absolute atomic E-state index is 10.3. The summed E-state index contributed by atoms with van der Waals surface area (Å²) in [5.74, 6) is -5.02. The summed E-state index contributed by atoms with van der Waals surface area (Å²) in [7, 11) is 0. The maximum atomic E-state index is 10.3. The maximum Gasteiger partial charge on any atom is 0.336 e. The van der Waals surface area contributed by atoms with E-state index in [-0.39, 0.29) is 11.0 Å². The second-order valence-corrected chi connectivity index (χ2v) is 2.48. The molecule has 0 spiro atoms. The van der Waals surface area contributed by atoms with Gasteiger partial charge in [0.2, 0.25) is 0 Å². The molecule has 0 aromatic rings. The molecule has 0 saturated heterocycles. The van der Waals surface area contributed by atoms with Gasteiger partial charge in [0.1, 0.15) is 0 Å². The fourth-order valence-electron chi connectivity index (χ4n) is 0.714.